The molecule has 3 N–H and O–H groups in total. The molecule has 134 valence electrons. The number of likely N-dealkylation sites (N-methyl/N-ethyl adjacent to an activating group) is 1. The van der Waals surface area contributed by atoms with Gasteiger partial charge in [0.05, 0.1) is 12.7 Å². The zero-order valence-corrected chi connectivity index (χ0v) is 16.1. The van der Waals surface area contributed by atoms with Crippen LogP contribution < -0.4 is 15.5 Å². The minimum Gasteiger partial charge on any atom is -0.351 e. The zero-order valence-electron chi connectivity index (χ0n) is 14.5. The van der Waals surface area contributed by atoms with Gasteiger partial charge in [-0.1, -0.05) is 18.2 Å². The van der Waals surface area contributed by atoms with E-state index in [1.165, 1.54) is 4.88 Å². The van der Waals surface area contributed by atoms with Crippen molar-refractivity contribution in [3.05, 3.63) is 46.7 Å². The van der Waals surface area contributed by atoms with E-state index < -0.39 is 0 Å². The van der Waals surface area contributed by atoms with Gasteiger partial charge in [-0.05, 0) is 36.3 Å². The first-order valence-corrected chi connectivity index (χ1v) is 10.2. The second-order valence-corrected chi connectivity index (χ2v) is 7.62. The predicted molar refractivity (Wildman–Crippen MR) is 105 cm³/mol. The molecule has 0 radical (unpaired) electrons. The molecule has 1 aromatic carbocycles. The molecule has 1 aromatic heterocycles. The van der Waals surface area contributed by atoms with Crippen LogP contribution in [0.25, 0.3) is 0 Å². The number of carbonyl (C=O) groups is 2. The van der Waals surface area contributed by atoms with Gasteiger partial charge in [0.2, 0.25) is 0 Å². The fourth-order valence-corrected chi connectivity index (χ4v) is 3.66. The monoisotopic (exact) mass is 378 g/mol. The summed E-state index contributed by atoms with van der Waals surface area (Å²) >= 11 is 3.28. The molecule has 1 heterocycles. The number of carbonyl (C=O) groups excluding carboxylic acids is 2. The molecule has 0 spiro atoms. The lowest BCUT2D eigenvalue weighted by Crippen LogP contribution is -3.11. The van der Waals surface area contributed by atoms with E-state index in [2.05, 4.69) is 16.7 Å². The number of thioether (sulfide) groups is 1. The van der Waals surface area contributed by atoms with Gasteiger partial charge in [-0.2, -0.15) is 0 Å². The Morgan fingerprint density at radius 3 is 2.60 bits per heavy atom. The fraction of sp³-hybridized carbons (Fsp3) is 0.333. The zero-order chi connectivity index (χ0) is 18.1. The molecule has 0 fully saturated rings. The van der Waals surface area contributed by atoms with Gasteiger partial charge in [0.1, 0.15) is 0 Å². The molecule has 0 aliphatic rings. The van der Waals surface area contributed by atoms with Crippen LogP contribution in [-0.4, -0.2) is 44.8 Å². The third-order valence-corrected chi connectivity index (χ3v) is 5.31. The summed E-state index contributed by atoms with van der Waals surface area (Å²) in [4.78, 5) is 27.3. The van der Waals surface area contributed by atoms with Crippen molar-refractivity contribution < 1.29 is 14.5 Å². The highest BCUT2D eigenvalue weighted by Crippen LogP contribution is 2.24. The summed E-state index contributed by atoms with van der Waals surface area (Å²) in [6.07, 6.45) is 2.82. The summed E-state index contributed by atoms with van der Waals surface area (Å²) in [5.41, 5.74) is 0.813. The number of nitrogens with one attached hydrogen (secondary N) is 3. The second kappa shape index (κ2) is 10.2. The lowest BCUT2D eigenvalue weighted by molar-refractivity contribution is -0.862. The molecule has 2 rings (SSSR count). The third-order valence-electron chi connectivity index (χ3n) is 3.58. The molecule has 0 aliphatic carbocycles. The van der Waals surface area contributed by atoms with E-state index in [-0.39, 0.29) is 24.9 Å². The van der Waals surface area contributed by atoms with E-state index in [0.29, 0.717) is 6.54 Å². The molecule has 0 saturated carbocycles. The normalized spacial score (nSPS) is 11.8. The third kappa shape index (κ3) is 6.89. The average Bonchev–Trinajstić information content (AvgIpc) is 3.08. The number of thiophene rings is 1. The minimum atomic E-state index is -0.0922. The molecule has 7 heteroatoms. The highest BCUT2D eigenvalue weighted by atomic mass is 32.2. The summed E-state index contributed by atoms with van der Waals surface area (Å²) < 4.78 is 0. The van der Waals surface area contributed by atoms with Crippen molar-refractivity contribution >= 4 is 40.6 Å². The van der Waals surface area contributed by atoms with Gasteiger partial charge in [-0.15, -0.1) is 23.1 Å². The number of rotatable bonds is 9. The van der Waals surface area contributed by atoms with E-state index in [4.69, 9.17) is 0 Å². The Labute approximate surface area is 156 Å². The largest absolute Gasteiger partial charge is 0.351 e. The summed E-state index contributed by atoms with van der Waals surface area (Å²) in [6.45, 7) is 1.16. The van der Waals surface area contributed by atoms with E-state index in [9.17, 15) is 9.59 Å². The van der Waals surface area contributed by atoms with Crippen LogP contribution >= 0.6 is 23.1 Å². The number of benzene rings is 1. The van der Waals surface area contributed by atoms with E-state index in [0.717, 1.165) is 21.9 Å². The first kappa shape index (κ1) is 19.5. The Morgan fingerprint density at radius 1 is 1.12 bits per heavy atom. The maximum absolute atomic E-state index is 12.2. The Morgan fingerprint density at radius 2 is 1.88 bits per heavy atom. The smallest absolute Gasteiger partial charge is 0.279 e. The first-order valence-electron chi connectivity index (χ1n) is 8.11. The number of anilines is 1. The number of para-hydroxylation sites is 1. The highest BCUT2D eigenvalue weighted by molar-refractivity contribution is 7.98. The van der Waals surface area contributed by atoms with Crippen LogP contribution in [0.5, 0.6) is 0 Å². The van der Waals surface area contributed by atoms with Gasteiger partial charge in [0.15, 0.2) is 13.1 Å². The molecule has 5 nitrogen and oxygen atoms in total. The summed E-state index contributed by atoms with van der Waals surface area (Å²) in [7, 11) is 1.85. The summed E-state index contributed by atoms with van der Waals surface area (Å²) in [5, 5.41) is 7.85. The van der Waals surface area contributed by atoms with Crippen molar-refractivity contribution in [2.45, 2.75) is 11.3 Å². The maximum atomic E-state index is 12.2. The first-order chi connectivity index (χ1) is 12.1. The van der Waals surface area contributed by atoms with Gasteiger partial charge in [0, 0.05) is 16.3 Å². The molecule has 0 bridgehead atoms. The van der Waals surface area contributed by atoms with E-state index >= 15 is 0 Å². The van der Waals surface area contributed by atoms with Crippen molar-refractivity contribution in [3.63, 3.8) is 0 Å². The van der Waals surface area contributed by atoms with Crippen molar-refractivity contribution in [1.82, 2.24) is 5.32 Å². The topological polar surface area (TPSA) is 62.6 Å². The number of hydrogen-bond donors (Lipinski definition) is 3. The van der Waals surface area contributed by atoms with Gasteiger partial charge in [-0.25, -0.2) is 0 Å². The van der Waals surface area contributed by atoms with E-state index in [1.807, 2.05) is 49.0 Å². The van der Waals surface area contributed by atoms with Crippen LogP contribution in [0.4, 0.5) is 5.69 Å². The van der Waals surface area contributed by atoms with Crippen molar-refractivity contribution in [2.24, 2.45) is 0 Å². The minimum absolute atomic E-state index is 0.0358. The van der Waals surface area contributed by atoms with Crippen LogP contribution in [0.15, 0.2) is 46.7 Å². The van der Waals surface area contributed by atoms with Crippen molar-refractivity contribution in [3.8, 4) is 0 Å². The molecule has 0 saturated heterocycles. The summed E-state index contributed by atoms with van der Waals surface area (Å²) in [6, 6.07) is 11.8. The molecular weight excluding hydrogens is 354 g/mol. The van der Waals surface area contributed by atoms with Crippen LogP contribution in [0.1, 0.15) is 4.88 Å². The average molecular weight is 379 g/mol. The Balaban J connectivity index is 1.70. The van der Waals surface area contributed by atoms with Crippen molar-refractivity contribution in [2.75, 3.05) is 38.3 Å². The molecule has 25 heavy (non-hydrogen) atoms. The van der Waals surface area contributed by atoms with Gasteiger partial charge >= 0.3 is 0 Å². The van der Waals surface area contributed by atoms with Crippen LogP contribution in [0, 0.1) is 0 Å². The summed E-state index contributed by atoms with van der Waals surface area (Å²) in [5.74, 6) is -0.128. The Hall–Kier alpha value is -1.83. The molecule has 1 unspecified atom stereocenters. The van der Waals surface area contributed by atoms with Gasteiger partial charge in [0.25, 0.3) is 11.8 Å². The quantitative estimate of drug-likeness (QED) is 0.576. The lowest BCUT2D eigenvalue weighted by atomic mass is 10.3. The lowest BCUT2D eigenvalue weighted by Gasteiger charge is -2.14. The molecule has 2 aromatic rings. The van der Waals surface area contributed by atoms with Crippen LogP contribution in [0.3, 0.4) is 0 Å². The molecule has 2 amide bonds. The van der Waals surface area contributed by atoms with Crippen LogP contribution in [0.2, 0.25) is 0 Å². The maximum Gasteiger partial charge on any atom is 0.279 e. The molecule has 0 aliphatic heterocycles. The molecular formula is C18H24N3O2S2+. The number of hydrogen-bond acceptors (Lipinski definition) is 4. The predicted octanol–water partition coefficient (Wildman–Crippen LogP) is 1.28. The Bertz CT molecular complexity index is 689. The SMILES string of the molecule is CSc1ccccc1NC(=O)C[NH+](C)CC(=O)NCCc1cccs1. The van der Waals surface area contributed by atoms with Crippen molar-refractivity contribution in [1.29, 1.82) is 0 Å². The van der Waals surface area contributed by atoms with Gasteiger partial charge in [-0.3, -0.25) is 9.59 Å². The number of quaternary nitrogens is 1. The van der Waals surface area contributed by atoms with Gasteiger partial charge < -0.3 is 15.5 Å². The van der Waals surface area contributed by atoms with E-state index in [1.54, 1.807) is 23.1 Å². The fourth-order valence-electron chi connectivity index (χ4n) is 2.40. The Kier molecular flexibility index (Phi) is 7.97. The molecule has 1 atom stereocenters. The highest BCUT2D eigenvalue weighted by Gasteiger charge is 2.15. The standard InChI is InChI=1S/C18H23N3O2S2/c1-21(12-17(22)19-10-9-14-6-5-11-25-14)13-18(23)20-15-7-3-4-8-16(15)24-2/h3-8,11H,9-10,12-13H2,1-2H3,(H,19,22)(H,20,23)/p+1. The second-order valence-electron chi connectivity index (χ2n) is 5.74. The van der Waals surface area contributed by atoms with Crippen LogP contribution in [-0.2, 0) is 16.0 Å². The number of amides is 2.